The number of nitrogens with zero attached hydrogens (tertiary/aromatic N) is 2. The topological polar surface area (TPSA) is 45.2 Å². The molecule has 0 atom stereocenters. The highest BCUT2D eigenvalue weighted by Gasteiger charge is 2.26. The summed E-state index contributed by atoms with van der Waals surface area (Å²) in [6, 6.07) is 0. The summed E-state index contributed by atoms with van der Waals surface area (Å²) in [4.78, 5) is 19.4. The third-order valence-corrected chi connectivity index (χ3v) is 4.78. The number of hydrogen-bond acceptors (Lipinski definition) is 3. The van der Waals surface area contributed by atoms with Gasteiger partial charge in [0.25, 0.3) is 0 Å². The Morgan fingerprint density at radius 1 is 1.05 bits per heavy atom. The van der Waals surface area contributed by atoms with Crippen molar-refractivity contribution in [2.75, 3.05) is 25.0 Å². The maximum atomic E-state index is 12.4. The average Bonchev–Trinajstić information content (AvgIpc) is 3.12. The van der Waals surface area contributed by atoms with Crippen LogP contribution in [0.1, 0.15) is 49.2 Å². The Hall–Kier alpha value is -1.42. The van der Waals surface area contributed by atoms with Crippen molar-refractivity contribution in [2.24, 2.45) is 0 Å². The van der Waals surface area contributed by atoms with Gasteiger partial charge in [0.05, 0.1) is 12.2 Å². The lowest BCUT2D eigenvalue weighted by Crippen LogP contribution is -2.33. The van der Waals surface area contributed by atoms with Crippen molar-refractivity contribution in [3.63, 3.8) is 0 Å². The summed E-state index contributed by atoms with van der Waals surface area (Å²) in [5.74, 6) is 0.119. The van der Waals surface area contributed by atoms with Crippen molar-refractivity contribution >= 4 is 11.6 Å². The molecule has 21 heavy (non-hydrogen) atoms. The fraction of sp³-hybridized carbons (Fsp3) is 0.647. The molecule has 2 aliphatic rings. The standard InChI is InChI=1S/C17H25N3O/c1-3-20(4-2)11-16(21)19-17-12-7-5-9-14(12)18-15-10-6-8-13(15)17/h3-11H2,1-2H3,(H,18,19,21). The van der Waals surface area contributed by atoms with Crippen LogP contribution < -0.4 is 5.32 Å². The van der Waals surface area contributed by atoms with Crippen LogP contribution in [0.4, 0.5) is 5.69 Å². The molecule has 3 rings (SSSR count). The van der Waals surface area contributed by atoms with Crippen LogP contribution in [0.25, 0.3) is 0 Å². The van der Waals surface area contributed by atoms with Crippen LogP contribution in [0, 0.1) is 0 Å². The fourth-order valence-electron chi connectivity index (χ4n) is 3.57. The van der Waals surface area contributed by atoms with Gasteiger partial charge >= 0.3 is 0 Å². The van der Waals surface area contributed by atoms with Gasteiger partial charge in [0.15, 0.2) is 0 Å². The van der Waals surface area contributed by atoms with Gasteiger partial charge in [0.1, 0.15) is 0 Å². The minimum atomic E-state index is 0.119. The van der Waals surface area contributed by atoms with Crippen LogP contribution >= 0.6 is 0 Å². The van der Waals surface area contributed by atoms with Crippen molar-refractivity contribution in [1.29, 1.82) is 0 Å². The molecule has 1 aromatic rings. The Morgan fingerprint density at radius 2 is 1.62 bits per heavy atom. The van der Waals surface area contributed by atoms with Gasteiger partial charge in [-0.15, -0.1) is 0 Å². The van der Waals surface area contributed by atoms with Crippen molar-refractivity contribution in [2.45, 2.75) is 52.4 Å². The first-order valence-electron chi connectivity index (χ1n) is 8.28. The van der Waals surface area contributed by atoms with Gasteiger partial charge in [-0.2, -0.15) is 0 Å². The van der Waals surface area contributed by atoms with E-state index in [0.29, 0.717) is 6.54 Å². The second kappa shape index (κ2) is 6.14. The number of hydrogen-bond donors (Lipinski definition) is 1. The van der Waals surface area contributed by atoms with E-state index in [1.54, 1.807) is 0 Å². The minimum Gasteiger partial charge on any atom is -0.324 e. The Kier molecular flexibility index (Phi) is 4.24. The maximum absolute atomic E-state index is 12.4. The molecule has 0 saturated heterocycles. The van der Waals surface area contributed by atoms with E-state index in [2.05, 4.69) is 24.1 Å². The van der Waals surface area contributed by atoms with Gasteiger partial charge in [0, 0.05) is 11.4 Å². The number of aryl methyl sites for hydroxylation is 2. The molecule has 0 aliphatic heterocycles. The van der Waals surface area contributed by atoms with Crippen molar-refractivity contribution in [3.05, 3.63) is 22.5 Å². The van der Waals surface area contributed by atoms with E-state index < -0.39 is 0 Å². The summed E-state index contributed by atoms with van der Waals surface area (Å²) in [6.45, 7) is 6.50. The summed E-state index contributed by atoms with van der Waals surface area (Å²) >= 11 is 0. The van der Waals surface area contributed by atoms with E-state index in [4.69, 9.17) is 4.98 Å². The van der Waals surface area contributed by atoms with E-state index in [9.17, 15) is 4.79 Å². The summed E-state index contributed by atoms with van der Waals surface area (Å²) < 4.78 is 0. The van der Waals surface area contributed by atoms with Crippen LogP contribution in [0.15, 0.2) is 0 Å². The number of carbonyl (C=O) groups is 1. The number of fused-ring (bicyclic) bond motifs is 2. The number of aromatic nitrogens is 1. The van der Waals surface area contributed by atoms with E-state index in [0.717, 1.165) is 44.5 Å². The van der Waals surface area contributed by atoms with Gasteiger partial charge < -0.3 is 5.32 Å². The monoisotopic (exact) mass is 287 g/mol. The summed E-state index contributed by atoms with van der Waals surface area (Å²) in [7, 11) is 0. The first-order chi connectivity index (χ1) is 10.2. The number of amides is 1. The molecule has 4 heteroatoms. The molecule has 1 heterocycles. The molecule has 0 bridgehead atoms. The number of carbonyl (C=O) groups excluding carboxylic acids is 1. The van der Waals surface area contributed by atoms with Crippen LogP contribution in [0.2, 0.25) is 0 Å². The highest BCUT2D eigenvalue weighted by Crippen LogP contribution is 2.36. The van der Waals surface area contributed by atoms with Crippen molar-refractivity contribution in [1.82, 2.24) is 9.88 Å². The van der Waals surface area contributed by atoms with E-state index in [1.165, 1.54) is 35.4 Å². The zero-order valence-corrected chi connectivity index (χ0v) is 13.2. The normalized spacial score (nSPS) is 16.1. The predicted octanol–water partition coefficient (Wildman–Crippen LogP) is 2.34. The first kappa shape index (κ1) is 14.5. The average molecular weight is 287 g/mol. The molecule has 1 aromatic heterocycles. The van der Waals surface area contributed by atoms with Gasteiger partial charge in [-0.05, 0) is 62.7 Å². The lowest BCUT2D eigenvalue weighted by Gasteiger charge is -2.19. The maximum Gasteiger partial charge on any atom is 0.238 e. The molecule has 0 unspecified atom stereocenters. The number of anilines is 1. The highest BCUT2D eigenvalue weighted by atomic mass is 16.2. The lowest BCUT2D eigenvalue weighted by atomic mass is 10.1. The summed E-state index contributed by atoms with van der Waals surface area (Å²) in [5, 5.41) is 3.22. The third-order valence-electron chi connectivity index (χ3n) is 4.78. The van der Waals surface area contributed by atoms with Crippen LogP contribution in [-0.2, 0) is 30.5 Å². The molecule has 114 valence electrons. The Labute approximate surface area is 126 Å². The molecule has 1 amide bonds. The second-order valence-electron chi connectivity index (χ2n) is 6.05. The SMILES string of the molecule is CCN(CC)CC(=O)Nc1c2c(nc3c1CCC3)CCC2. The Balaban J connectivity index is 1.84. The molecule has 0 spiro atoms. The predicted molar refractivity (Wildman–Crippen MR) is 84.7 cm³/mol. The summed E-state index contributed by atoms with van der Waals surface area (Å²) in [5.41, 5.74) is 6.19. The molecule has 1 N–H and O–H groups in total. The quantitative estimate of drug-likeness (QED) is 0.904. The molecule has 0 radical (unpaired) electrons. The second-order valence-corrected chi connectivity index (χ2v) is 6.05. The van der Waals surface area contributed by atoms with Crippen LogP contribution in [0.3, 0.4) is 0 Å². The first-order valence-corrected chi connectivity index (χ1v) is 8.28. The number of likely N-dealkylation sites (N-methyl/N-ethyl adjacent to an activating group) is 1. The highest BCUT2D eigenvalue weighted by molar-refractivity contribution is 5.94. The van der Waals surface area contributed by atoms with E-state index in [-0.39, 0.29) is 5.91 Å². The number of rotatable bonds is 5. The van der Waals surface area contributed by atoms with Gasteiger partial charge in [-0.25, -0.2) is 0 Å². The van der Waals surface area contributed by atoms with Crippen LogP contribution in [0.5, 0.6) is 0 Å². The van der Waals surface area contributed by atoms with Gasteiger partial charge in [-0.3, -0.25) is 14.7 Å². The fourth-order valence-corrected chi connectivity index (χ4v) is 3.57. The van der Waals surface area contributed by atoms with E-state index in [1.807, 2.05) is 0 Å². The Morgan fingerprint density at radius 3 is 2.14 bits per heavy atom. The van der Waals surface area contributed by atoms with Crippen LogP contribution in [-0.4, -0.2) is 35.4 Å². The molecule has 0 aromatic carbocycles. The molecule has 2 aliphatic carbocycles. The van der Waals surface area contributed by atoms with Gasteiger partial charge in [-0.1, -0.05) is 13.8 Å². The lowest BCUT2D eigenvalue weighted by molar-refractivity contribution is -0.117. The van der Waals surface area contributed by atoms with Gasteiger partial charge in [0.2, 0.25) is 5.91 Å². The Bertz CT molecular complexity index is 517. The smallest absolute Gasteiger partial charge is 0.238 e. The zero-order chi connectivity index (χ0) is 14.8. The molecule has 0 saturated carbocycles. The minimum absolute atomic E-state index is 0.119. The largest absolute Gasteiger partial charge is 0.324 e. The van der Waals surface area contributed by atoms with Crippen molar-refractivity contribution < 1.29 is 4.79 Å². The molecular weight excluding hydrogens is 262 g/mol. The third kappa shape index (κ3) is 2.82. The summed E-state index contributed by atoms with van der Waals surface area (Å²) in [6.07, 6.45) is 6.62. The molecule has 0 fully saturated rings. The number of pyridine rings is 1. The van der Waals surface area contributed by atoms with Crippen molar-refractivity contribution in [3.8, 4) is 0 Å². The zero-order valence-electron chi connectivity index (χ0n) is 13.2. The molecule has 4 nitrogen and oxygen atoms in total. The number of nitrogens with one attached hydrogen (secondary N) is 1. The molecular formula is C17H25N3O. The van der Waals surface area contributed by atoms with E-state index >= 15 is 0 Å².